The summed E-state index contributed by atoms with van der Waals surface area (Å²) in [5, 5.41) is 15.8. The fraction of sp³-hybridized carbons (Fsp3) is 0.500. The summed E-state index contributed by atoms with van der Waals surface area (Å²) >= 11 is 0. The molecule has 1 aliphatic heterocycles. The van der Waals surface area contributed by atoms with Gasteiger partial charge in [-0.2, -0.15) is 0 Å². The second-order valence-electron chi connectivity index (χ2n) is 7.27. The van der Waals surface area contributed by atoms with Gasteiger partial charge in [0.2, 0.25) is 5.91 Å². The standard InChI is InChI=1S/C20H26N4O3/c1-3-5-14(2)22-20(25)15-6-4-11-23(13-15)18-7-8-19(24(26)27)17-12-21-10-9-16(17)18/h7-10,12,14-15H,3-6,11,13H2,1-2H3,(H,22,25)/t14-,15+/m1/s1. The van der Waals surface area contributed by atoms with Gasteiger partial charge in [0, 0.05) is 48.7 Å². The molecule has 27 heavy (non-hydrogen) atoms. The molecule has 2 heterocycles. The van der Waals surface area contributed by atoms with Crippen molar-refractivity contribution in [3.05, 3.63) is 40.7 Å². The Kier molecular flexibility index (Phi) is 5.88. The molecule has 1 aromatic carbocycles. The molecular formula is C20H26N4O3. The molecule has 0 spiro atoms. The number of nitro benzene ring substituents is 1. The minimum atomic E-state index is -0.380. The number of fused-ring (bicyclic) bond motifs is 1. The summed E-state index contributed by atoms with van der Waals surface area (Å²) in [6.45, 7) is 5.61. The minimum absolute atomic E-state index is 0.0570. The van der Waals surface area contributed by atoms with Crippen molar-refractivity contribution < 1.29 is 9.72 Å². The van der Waals surface area contributed by atoms with E-state index in [1.54, 1.807) is 12.3 Å². The lowest BCUT2D eigenvalue weighted by Gasteiger charge is -2.34. The van der Waals surface area contributed by atoms with Crippen LogP contribution in [0.25, 0.3) is 10.8 Å². The number of hydrogen-bond acceptors (Lipinski definition) is 5. The third kappa shape index (κ3) is 4.18. The number of hydrogen-bond donors (Lipinski definition) is 1. The van der Waals surface area contributed by atoms with E-state index in [2.05, 4.69) is 22.1 Å². The second-order valence-corrected chi connectivity index (χ2v) is 7.27. The number of anilines is 1. The number of benzene rings is 1. The number of aromatic nitrogens is 1. The first kappa shape index (κ1) is 19.1. The summed E-state index contributed by atoms with van der Waals surface area (Å²) in [5.74, 6) is 0.0404. The Bertz CT molecular complexity index is 839. The second kappa shape index (κ2) is 8.33. The maximum Gasteiger partial charge on any atom is 0.278 e. The molecule has 1 saturated heterocycles. The third-order valence-electron chi connectivity index (χ3n) is 5.21. The van der Waals surface area contributed by atoms with Gasteiger partial charge in [0.1, 0.15) is 0 Å². The summed E-state index contributed by atoms with van der Waals surface area (Å²) in [5.41, 5.74) is 0.985. The molecule has 0 saturated carbocycles. The molecule has 2 atom stereocenters. The van der Waals surface area contributed by atoms with Crippen molar-refractivity contribution in [1.82, 2.24) is 10.3 Å². The number of non-ortho nitro benzene ring substituents is 1. The Labute approximate surface area is 158 Å². The summed E-state index contributed by atoms with van der Waals surface area (Å²) in [6, 6.07) is 5.32. The fourth-order valence-electron chi connectivity index (χ4n) is 3.87. The maximum atomic E-state index is 12.6. The van der Waals surface area contributed by atoms with Gasteiger partial charge in [0.25, 0.3) is 5.69 Å². The van der Waals surface area contributed by atoms with Crippen LogP contribution in [-0.2, 0) is 4.79 Å². The van der Waals surface area contributed by atoms with Gasteiger partial charge in [-0.1, -0.05) is 13.3 Å². The molecule has 1 aromatic heterocycles. The summed E-state index contributed by atoms with van der Waals surface area (Å²) in [6.07, 6.45) is 6.99. The first-order valence-electron chi connectivity index (χ1n) is 9.57. The first-order chi connectivity index (χ1) is 13.0. The molecule has 7 nitrogen and oxygen atoms in total. The topological polar surface area (TPSA) is 88.4 Å². The van der Waals surface area contributed by atoms with E-state index in [1.165, 1.54) is 12.3 Å². The van der Waals surface area contributed by atoms with Crippen molar-refractivity contribution in [2.75, 3.05) is 18.0 Å². The summed E-state index contributed by atoms with van der Waals surface area (Å²) in [4.78, 5) is 29.8. The van der Waals surface area contributed by atoms with E-state index in [9.17, 15) is 14.9 Å². The summed E-state index contributed by atoms with van der Waals surface area (Å²) in [7, 11) is 0. The van der Waals surface area contributed by atoms with E-state index in [0.29, 0.717) is 11.9 Å². The lowest BCUT2D eigenvalue weighted by Crippen LogP contribution is -2.45. The Hall–Kier alpha value is -2.70. The van der Waals surface area contributed by atoms with E-state index in [4.69, 9.17) is 0 Å². The molecule has 1 aliphatic rings. The van der Waals surface area contributed by atoms with E-state index in [0.717, 1.165) is 43.3 Å². The highest BCUT2D eigenvalue weighted by Gasteiger charge is 2.28. The van der Waals surface area contributed by atoms with E-state index >= 15 is 0 Å². The number of carbonyl (C=O) groups excluding carboxylic acids is 1. The van der Waals surface area contributed by atoms with Crippen LogP contribution in [0.5, 0.6) is 0 Å². The molecule has 1 N–H and O–H groups in total. The Balaban J connectivity index is 1.83. The van der Waals surface area contributed by atoms with E-state index < -0.39 is 0 Å². The lowest BCUT2D eigenvalue weighted by molar-refractivity contribution is -0.383. The number of nitrogens with one attached hydrogen (secondary N) is 1. The lowest BCUT2D eigenvalue weighted by atomic mass is 9.95. The van der Waals surface area contributed by atoms with Gasteiger partial charge < -0.3 is 10.2 Å². The average Bonchev–Trinajstić information content (AvgIpc) is 2.67. The Morgan fingerprint density at radius 1 is 1.41 bits per heavy atom. The van der Waals surface area contributed by atoms with Crippen LogP contribution < -0.4 is 10.2 Å². The van der Waals surface area contributed by atoms with Crippen LogP contribution in [0, 0.1) is 16.0 Å². The van der Waals surface area contributed by atoms with Crippen molar-refractivity contribution in [1.29, 1.82) is 0 Å². The largest absolute Gasteiger partial charge is 0.370 e. The molecule has 0 aliphatic carbocycles. The van der Waals surface area contributed by atoms with Crippen molar-refractivity contribution in [2.45, 2.75) is 45.6 Å². The SMILES string of the molecule is CCC[C@@H](C)NC(=O)[C@H]1CCCN(c2ccc([N+](=O)[O-])c3cnccc23)C1. The molecule has 2 aromatic rings. The van der Waals surface area contributed by atoms with Gasteiger partial charge in [0.15, 0.2) is 0 Å². The van der Waals surface area contributed by atoms with Crippen LogP contribution in [0.2, 0.25) is 0 Å². The van der Waals surface area contributed by atoms with Crippen LogP contribution in [-0.4, -0.2) is 34.9 Å². The van der Waals surface area contributed by atoms with Gasteiger partial charge in [-0.3, -0.25) is 19.9 Å². The van der Waals surface area contributed by atoms with Crippen LogP contribution in [0.3, 0.4) is 0 Å². The molecule has 0 unspecified atom stereocenters. The molecule has 7 heteroatoms. The van der Waals surface area contributed by atoms with Gasteiger partial charge in [-0.25, -0.2) is 0 Å². The third-order valence-corrected chi connectivity index (χ3v) is 5.21. The van der Waals surface area contributed by atoms with E-state index in [1.807, 2.05) is 13.0 Å². The van der Waals surface area contributed by atoms with Gasteiger partial charge in [-0.15, -0.1) is 0 Å². The van der Waals surface area contributed by atoms with Crippen molar-refractivity contribution in [3.63, 3.8) is 0 Å². The number of nitro groups is 1. The molecule has 0 radical (unpaired) electrons. The van der Waals surface area contributed by atoms with Gasteiger partial charge in [-0.05, 0) is 38.3 Å². The zero-order chi connectivity index (χ0) is 19.4. The molecular weight excluding hydrogens is 344 g/mol. The number of nitrogens with zero attached hydrogens (tertiary/aromatic N) is 3. The molecule has 3 rings (SSSR count). The van der Waals surface area contributed by atoms with Crippen LogP contribution in [0.1, 0.15) is 39.5 Å². The number of rotatable bonds is 6. The minimum Gasteiger partial charge on any atom is -0.370 e. The molecule has 144 valence electrons. The maximum absolute atomic E-state index is 12.6. The molecule has 0 bridgehead atoms. The Morgan fingerprint density at radius 2 is 2.22 bits per heavy atom. The zero-order valence-corrected chi connectivity index (χ0v) is 15.9. The monoisotopic (exact) mass is 370 g/mol. The predicted molar refractivity (Wildman–Crippen MR) is 106 cm³/mol. The quantitative estimate of drug-likeness (QED) is 0.619. The molecule has 1 fully saturated rings. The first-order valence-corrected chi connectivity index (χ1v) is 9.57. The van der Waals surface area contributed by atoms with Crippen molar-refractivity contribution in [3.8, 4) is 0 Å². The highest BCUT2D eigenvalue weighted by Crippen LogP contribution is 2.34. The van der Waals surface area contributed by atoms with Crippen LogP contribution in [0.4, 0.5) is 11.4 Å². The highest BCUT2D eigenvalue weighted by molar-refractivity contribution is 5.99. The van der Waals surface area contributed by atoms with Crippen molar-refractivity contribution in [2.24, 2.45) is 5.92 Å². The Morgan fingerprint density at radius 3 is 2.96 bits per heavy atom. The number of pyridine rings is 1. The normalized spacial score (nSPS) is 18.3. The van der Waals surface area contributed by atoms with Crippen molar-refractivity contribution >= 4 is 28.1 Å². The van der Waals surface area contributed by atoms with Crippen LogP contribution in [0.15, 0.2) is 30.6 Å². The summed E-state index contributed by atoms with van der Waals surface area (Å²) < 4.78 is 0. The van der Waals surface area contributed by atoms with Gasteiger partial charge in [0.05, 0.1) is 16.2 Å². The zero-order valence-electron chi connectivity index (χ0n) is 15.9. The number of carbonyl (C=O) groups is 1. The number of amides is 1. The fourth-order valence-corrected chi connectivity index (χ4v) is 3.87. The van der Waals surface area contributed by atoms with Gasteiger partial charge >= 0.3 is 0 Å². The predicted octanol–water partition coefficient (Wildman–Crippen LogP) is 3.66. The van der Waals surface area contributed by atoms with E-state index in [-0.39, 0.29) is 28.5 Å². The molecule has 1 amide bonds. The smallest absolute Gasteiger partial charge is 0.278 e. The van der Waals surface area contributed by atoms with Crippen LogP contribution >= 0.6 is 0 Å². The average molecular weight is 370 g/mol. The highest BCUT2D eigenvalue weighted by atomic mass is 16.6. The number of piperidine rings is 1.